The number of amides is 3. The van der Waals surface area contributed by atoms with Crippen LogP contribution in [0.4, 0.5) is 11.4 Å². The molecule has 0 radical (unpaired) electrons. The van der Waals surface area contributed by atoms with Crippen molar-refractivity contribution in [2.75, 3.05) is 31.0 Å². The van der Waals surface area contributed by atoms with Gasteiger partial charge >= 0.3 is 0 Å². The van der Waals surface area contributed by atoms with Crippen LogP contribution in [0.2, 0.25) is 0 Å². The predicted octanol–water partition coefficient (Wildman–Crippen LogP) is 2.82. The smallest absolute Gasteiger partial charge is 0.250 e. The highest BCUT2D eigenvalue weighted by atomic mass is 16.5. The van der Waals surface area contributed by atoms with E-state index in [-0.39, 0.29) is 18.4 Å². The molecule has 10 heteroatoms. The van der Waals surface area contributed by atoms with Crippen molar-refractivity contribution in [3.8, 4) is 11.5 Å². The van der Waals surface area contributed by atoms with Gasteiger partial charge in [-0.05, 0) is 74.7 Å². The summed E-state index contributed by atoms with van der Waals surface area (Å²) in [6.07, 6.45) is 1.000. The maximum Gasteiger partial charge on any atom is 0.250 e. The summed E-state index contributed by atoms with van der Waals surface area (Å²) in [6.45, 7) is 3.98. The lowest BCUT2D eigenvalue weighted by molar-refractivity contribution is -0.143. The Kier molecular flexibility index (Phi) is 7.51. The van der Waals surface area contributed by atoms with E-state index in [1.54, 1.807) is 55.6 Å². The van der Waals surface area contributed by atoms with Gasteiger partial charge in [0.25, 0.3) is 0 Å². The number of ether oxygens (including phenoxy) is 3. The molecule has 6 atom stereocenters. The first-order valence-electron chi connectivity index (χ1n) is 13.5. The van der Waals surface area contributed by atoms with E-state index in [1.165, 1.54) is 4.90 Å². The van der Waals surface area contributed by atoms with Crippen LogP contribution in [0.5, 0.6) is 11.5 Å². The zero-order chi connectivity index (χ0) is 27.7. The summed E-state index contributed by atoms with van der Waals surface area (Å²) < 4.78 is 17.1. The summed E-state index contributed by atoms with van der Waals surface area (Å²) in [7, 11) is 1.56. The van der Waals surface area contributed by atoms with Crippen LogP contribution in [-0.2, 0) is 19.1 Å². The molecule has 3 amide bonds. The molecule has 2 unspecified atom stereocenters. The third-order valence-electron chi connectivity index (χ3n) is 8.15. The van der Waals surface area contributed by atoms with Crippen LogP contribution in [-0.4, -0.2) is 71.8 Å². The number of carbonyl (C=O) groups is 3. The van der Waals surface area contributed by atoms with E-state index in [2.05, 4.69) is 10.6 Å². The number of aliphatic hydroxyl groups excluding tert-OH is 1. The van der Waals surface area contributed by atoms with Crippen LogP contribution in [0, 0.1) is 11.8 Å². The lowest BCUT2D eigenvalue weighted by Crippen LogP contribution is -2.56. The molecule has 3 aliphatic rings. The Labute approximate surface area is 227 Å². The fourth-order valence-electron chi connectivity index (χ4n) is 6.41. The van der Waals surface area contributed by atoms with Crippen LogP contribution in [0.3, 0.4) is 0 Å². The second-order valence-electron chi connectivity index (χ2n) is 10.2. The topological polar surface area (TPSA) is 126 Å². The summed E-state index contributed by atoms with van der Waals surface area (Å²) in [5.41, 5.74) is -0.0255. The van der Waals surface area contributed by atoms with E-state index in [0.717, 1.165) is 0 Å². The number of fused-ring (bicyclic) bond motifs is 1. The van der Waals surface area contributed by atoms with Crippen LogP contribution in [0.15, 0.2) is 48.5 Å². The molecule has 0 saturated carbocycles. The van der Waals surface area contributed by atoms with E-state index >= 15 is 0 Å². The zero-order valence-corrected chi connectivity index (χ0v) is 22.4. The summed E-state index contributed by atoms with van der Waals surface area (Å²) in [5, 5.41) is 16.0. The summed E-state index contributed by atoms with van der Waals surface area (Å²) >= 11 is 0. The van der Waals surface area contributed by atoms with Crippen molar-refractivity contribution in [1.29, 1.82) is 0 Å². The standard InChI is InChI=1S/C29H35N3O7/c1-4-19(16-33)32-25(27(35)31-18-6-10-20(37-3)11-7-18)29-15-14-22(39-29)23(24(29)28(32)36)26(34)30-17-8-12-21(13-9-17)38-5-2/h6-13,19,22-25,33H,4-5,14-16H2,1-3H3,(H,30,34)(H,31,35)/t19-,22+,23-,24-,25?,29?/m0/s1. The first-order chi connectivity index (χ1) is 18.9. The summed E-state index contributed by atoms with van der Waals surface area (Å²) in [5.74, 6) is -1.30. The van der Waals surface area contributed by atoms with Gasteiger partial charge in [-0.1, -0.05) is 6.92 Å². The van der Waals surface area contributed by atoms with Crippen LogP contribution in [0.1, 0.15) is 33.1 Å². The monoisotopic (exact) mass is 537 g/mol. The average molecular weight is 538 g/mol. The molecule has 3 aliphatic heterocycles. The molecule has 0 aliphatic carbocycles. The lowest BCUT2D eigenvalue weighted by Gasteiger charge is -2.36. The lowest BCUT2D eigenvalue weighted by atomic mass is 9.70. The molecule has 5 rings (SSSR count). The van der Waals surface area contributed by atoms with Gasteiger partial charge in [0.1, 0.15) is 23.1 Å². The fraction of sp³-hybridized carbons (Fsp3) is 0.483. The van der Waals surface area contributed by atoms with E-state index < -0.39 is 41.5 Å². The zero-order valence-electron chi connectivity index (χ0n) is 22.4. The van der Waals surface area contributed by atoms with E-state index in [0.29, 0.717) is 48.7 Å². The normalized spacial score (nSPS) is 27.7. The van der Waals surface area contributed by atoms with Gasteiger partial charge in [-0.2, -0.15) is 0 Å². The number of carbonyl (C=O) groups excluding carboxylic acids is 3. The van der Waals surface area contributed by atoms with E-state index in [4.69, 9.17) is 14.2 Å². The fourth-order valence-corrected chi connectivity index (χ4v) is 6.41. The van der Waals surface area contributed by atoms with E-state index in [1.807, 2.05) is 13.8 Å². The van der Waals surface area contributed by atoms with Crippen molar-refractivity contribution in [2.24, 2.45) is 11.8 Å². The Morgan fingerprint density at radius 1 is 1.05 bits per heavy atom. The Morgan fingerprint density at radius 2 is 1.67 bits per heavy atom. The van der Waals surface area contributed by atoms with E-state index in [9.17, 15) is 19.5 Å². The van der Waals surface area contributed by atoms with Crippen molar-refractivity contribution < 1.29 is 33.7 Å². The molecule has 2 bridgehead atoms. The quantitative estimate of drug-likeness (QED) is 0.425. The minimum absolute atomic E-state index is 0.302. The summed E-state index contributed by atoms with van der Waals surface area (Å²) in [4.78, 5) is 42.9. The van der Waals surface area contributed by atoms with Crippen molar-refractivity contribution in [3.05, 3.63) is 48.5 Å². The molecule has 3 heterocycles. The molecule has 1 spiro atoms. The summed E-state index contributed by atoms with van der Waals surface area (Å²) in [6, 6.07) is 12.4. The molecule has 208 valence electrons. The average Bonchev–Trinajstić information content (AvgIpc) is 3.59. The first-order valence-corrected chi connectivity index (χ1v) is 13.5. The van der Waals surface area contributed by atoms with Crippen molar-refractivity contribution >= 4 is 29.1 Å². The highest BCUT2D eigenvalue weighted by Crippen LogP contribution is 2.59. The van der Waals surface area contributed by atoms with Gasteiger partial charge in [-0.3, -0.25) is 14.4 Å². The van der Waals surface area contributed by atoms with Gasteiger partial charge in [0.15, 0.2) is 0 Å². The van der Waals surface area contributed by atoms with Gasteiger partial charge in [0.2, 0.25) is 17.7 Å². The number of rotatable bonds is 10. The number of benzene rings is 2. The minimum atomic E-state index is -1.15. The maximum atomic E-state index is 14.0. The SMILES string of the molecule is CCOc1ccc(NC(=O)[C@@H]2[C@H]3C(=O)N([C@@H](CC)CO)C(C(=O)Nc4ccc(OC)cc4)C34CC[C@H]2O4)cc1. The van der Waals surface area contributed by atoms with Crippen molar-refractivity contribution in [1.82, 2.24) is 4.90 Å². The Hall–Kier alpha value is -3.63. The molecule has 2 aromatic rings. The van der Waals surface area contributed by atoms with Gasteiger partial charge in [0.05, 0.1) is 44.3 Å². The molecular formula is C29H35N3O7. The number of nitrogens with zero attached hydrogens (tertiary/aromatic N) is 1. The first kappa shape index (κ1) is 27.0. The van der Waals surface area contributed by atoms with Gasteiger partial charge in [0, 0.05) is 11.4 Å². The molecule has 39 heavy (non-hydrogen) atoms. The highest BCUT2D eigenvalue weighted by Gasteiger charge is 2.75. The second kappa shape index (κ2) is 10.9. The third-order valence-corrected chi connectivity index (χ3v) is 8.15. The van der Waals surface area contributed by atoms with Gasteiger partial charge < -0.3 is 34.9 Å². The highest BCUT2D eigenvalue weighted by molar-refractivity contribution is 6.05. The Balaban J connectivity index is 1.43. The molecule has 2 aromatic carbocycles. The molecule has 10 nitrogen and oxygen atoms in total. The van der Waals surface area contributed by atoms with Crippen LogP contribution >= 0.6 is 0 Å². The Bertz CT molecular complexity index is 1210. The number of anilines is 2. The number of nitrogens with one attached hydrogen (secondary N) is 2. The maximum absolute atomic E-state index is 14.0. The molecule has 3 N–H and O–H groups in total. The van der Waals surface area contributed by atoms with Crippen LogP contribution in [0.25, 0.3) is 0 Å². The third kappa shape index (κ3) is 4.61. The number of hydrogen-bond donors (Lipinski definition) is 3. The number of likely N-dealkylation sites (tertiary alicyclic amines) is 1. The molecule has 3 saturated heterocycles. The molecule has 0 aromatic heterocycles. The van der Waals surface area contributed by atoms with Gasteiger partial charge in [-0.25, -0.2) is 0 Å². The molecule has 3 fully saturated rings. The number of methoxy groups -OCH3 is 1. The van der Waals surface area contributed by atoms with Crippen molar-refractivity contribution in [2.45, 2.75) is 56.9 Å². The Morgan fingerprint density at radius 3 is 2.23 bits per heavy atom. The predicted molar refractivity (Wildman–Crippen MR) is 143 cm³/mol. The second-order valence-corrected chi connectivity index (χ2v) is 10.2. The minimum Gasteiger partial charge on any atom is -0.497 e. The van der Waals surface area contributed by atoms with Crippen molar-refractivity contribution in [3.63, 3.8) is 0 Å². The molecular weight excluding hydrogens is 502 g/mol. The van der Waals surface area contributed by atoms with Gasteiger partial charge in [-0.15, -0.1) is 0 Å². The largest absolute Gasteiger partial charge is 0.497 e. The number of aliphatic hydroxyl groups is 1. The number of hydrogen-bond acceptors (Lipinski definition) is 7. The van der Waals surface area contributed by atoms with Crippen LogP contribution < -0.4 is 20.1 Å².